The lowest BCUT2D eigenvalue weighted by Crippen LogP contribution is -2.27. The van der Waals surface area contributed by atoms with Crippen molar-refractivity contribution in [1.29, 1.82) is 0 Å². The van der Waals surface area contributed by atoms with Crippen molar-refractivity contribution < 1.29 is 19.2 Å². The van der Waals surface area contributed by atoms with Gasteiger partial charge in [0, 0.05) is 42.5 Å². The predicted octanol–water partition coefficient (Wildman–Crippen LogP) is 6.26. The molecule has 1 aliphatic rings. The first-order valence-electron chi connectivity index (χ1n) is 11.9. The molecule has 1 fully saturated rings. The summed E-state index contributed by atoms with van der Waals surface area (Å²) in [7, 11) is 0. The summed E-state index contributed by atoms with van der Waals surface area (Å²) < 4.78 is 6.18. The molecule has 0 spiro atoms. The van der Waals surface area contributed by atoms with E-state index in [1.807, 2.05) is 48.5 Å². The monoisotopic (exact) mass is 517 g/mol. The van der Waals surface area contributed by atoms with Gasteiger partial charge in [-0.3, -0.25) is 24.6 Å². The standard InChI is InChI=1S/C28H27N3O5S/c1-3-29(4-2)24-15-12-22(25(17-24)36-19-21-8-6-5-7-9-21)16-26-27(32)30(28(33)37-26)18-20-10-13-23(14-11-20)31(34)35/h5-17H,3-4,18-19H2,1-2H3/b26-16+. The van der Waals surface area contributed by atoms with Crippen molar-refractivity contribution in [2.24, 2.45) is 0 Å². The predicted molar refractivity (Wildman–Crippen MR) is 145 cm³/mol. The normalized spacial score (nSPS) is 14.3. The van der Waals surface area contributed by atoms with E-state index >= 15 is 0 Å². The number of carbonyl (C=O) groups is 2. The number of nitro benzene ring substituents is 1. The number of anilines is 1. The number of rotatable bonds is 10. The van der Waals surface area contributed by atoms with E-state index in [9.17, 15) is 19.7 Å². The third-order valence-electron chi connectivity index (χ3n) is 6.01. The van der Waals surface area contributed by atoms with Crippen LogP contribution in [0.25, 0.3) is 6.08 Å². The quantitative estimate of drug-likeness (QED) is 0.178. The minimum absolute atomic E-state index is 0.0399. The summed E-state index contributed by atoms with van der Waals surface area (Å²) in [6, 6.07) is 21.5. The van der Waals surface area contributed by atoms with E-state index < -0.39 is 10.8 Å². The van der Waals surface area contributed by atoms with Gasteiger partial charge in [0.25, 0.3) is 16.8 Å². The molecule has 8 nitrogen and oxygen atoms in total. The molecule has 0 aromatic heterocycles. The van der Waals surface area contributed by atoms with Crippen molar-refractivity contribution >= 4 is 40.4 Å². The highest BCUT2D eigenvalue weighted by atomic mass is 32.2. The summed E-state index contributed by atoms with van der Waals surface area (Å²) in [5.41, 5.74) is 3.31. The number of benzene rings is 3. The summed E-state index contributed by atoms with van der Waals surface area (Å²) in [6.45, 7) is 6.26. The zero-order valence-electron chi connectivity index (χ0n) is 20.6. The van der Waals surface area contributed by atoms with Crippen molar-refractivity contribution in [3.05, 3.63) is 105 Å². The molecular formula is C28H27N3O5S. The number of nitrogens with zero attached hydrogens (tertiary/aromatic N) is 3. The highest BCUT2D eigenvalue weighted by Crippen LogP contribution is 2.36. The second-order valence-corrected chi connectivity index (χ2v) is 9.35. The molecule has 0 N–H and O–H groups in total. The number of thioether (sulfide) groups is 1. The first-order chi connectivity index (χ1) is 17.9. The van der Waals surface area contributed by atoms with Crippen LogP contribution in [0.2, 0.25) is 0 Å². The minimum atomic E-state index is -0.490. The Labute approximate surface area is 219 Å². The Bertz CT molecular complexity index is 1320. The van der Waals surface area contributed by atoms with Crippen molar-refractivity contribution in [1.82, 2.24) is 4.90 Å². The van der Waals surface area contributed by atoms with Gasteiger partial charge in [-0.2, -0.15) is 0 Å². The summed E-state index contributed by atoms with van der Waals surface area (Å²) in [5.74, 6) is 0.214. The smallest absolute Gasteiger partial charge is 0.293 e. The summed E-state index contributed by atoms with van der Waals surface area (Å²) in [5, 5.41) is 10.5. The Hall–Kier alpha value is -4.11. The van der Waals surface area contributed by atoms with Crippen molar-refractivity contribution in [2.75, 3.05) is 18.0 Å². The fourth-order valence-electron chi connectivity index (χ4n) is 3.97. The third kappa shape index (κ3) is 6.18. The highest BCUT2D eigenvalue weighted by Gasteiger charge is 2.35. The van der Waals surface area contributed by atoms with Crippen LogP contribution in [0.4, 0.5) is 16.2 Å². The van der Waals surface area contributed by atoms with Crippen LogP contribution >= 0.6 is 11.8 Å². The summed E-state index contributed by atoms with van der Waals surface area (Å²) in [4.78, 5) is 39.8. The lowest BCUT2D eigenvalue weighted by Gasteiger charge is -2.22. The van der Waals surface area contributed by atoms with Crippen LogP contribution < -0.4 is 9.64 Å². The van der Waals surface area contributed by atoms with Crippen LogP contribution in [-0.2, 0) is 17.9 Å². The van der Waals surface area contributed by atoms with Gasteiger partial charge >= 0.3 is 0 Å². The fourth-order valence-corrected chi connectivity index (χ4v) is 4.80. The maximum atomic E-state index is 13.1. The average molecular weight is 518 g/mol. The van der Waals surface area contributed by atoms with Gasteiger partial charge in [0.1, 0.15) is 12.4 Å². The molecule has 9 heteroatoms. The zero-order chi connectivity index (χ0) is 26.4. The molecular weight excluding hydrogens is 490 g/mol. The van der Waals surface area contributed by atoms with Gasteiger partial charge in [-0.15, -0.1) is 0 Å². The van der Waals surface area contributed by atoms with Gasteiger partial charge in [0.15, 0.2) is 0 Å². The van der Waals surface area contributed by atoms with Crippen LogP contribution in [0.3, 0.4) is 0 Å². The van der Waals surface area contributed by atoms with E-state index in [4.69, 9.17) is 4.74 Å². The van der Waals surface area contributed by atoms with Crippen LogP contribution in [-0.4, -0.2) is 34.1 Å². The van der Waals surface area contributed by atoms with Crippen LogP contribution in [0, 0.1) is 10.1 Å². The molecule has 0 saturated carbocycles. The maximum Gasteiger partial charge on any atom is 0.293 e. The lowest BCUT2D eigenvalue weighted by molar-refractivity contribution is -0.384. The second kappa shape index (κ2) is 11.7. The Kier molecular flexibility index (Phi) is 8.25. The lowest BCUT2D eigenvalue weighted by atomic mass is 10.1. The van der Waals surface area contributed by atoms with Crippen molar-refractivity contribution in [2.45, 2.75) is 27.0 Å². The van der Waals surface area contributed by atoms with E-state index in [2.05, 4.69) is 18.7 Å². The molecule has 0 aliphatic carbocycles. The number of imide groups is 1. The van der Waals surface area contributed by atoms with E-state index in [0.717, 1.165) is 41.0 Å². The number of hydrogen-bond acceptors (Lipinski definition) is 7. The first-order valence-corrected chi connectivity index (χ1v) is 12.8. The largest absolute Gasteiger partial charge is 0.488 e. The van der Waals surface area contributed by atoms with Gasteiger partial charge in [-0.25, -0.2) is 0 Å². The Morgan fingerprint density at radius 2 is 1.68 bits per heavy atom. The van der Waals surface area contributed by atoms with Gasteiger partial charge in [-0.1, -0.05) is 42.5 Å². The van der Waals surface area contributed by atoms with Gasteiger partial charge in [0.05, 0.1) is 16.4 Å². The maximum absolute atomic E-state index is 13.1. The number of nitro groups is 1. The fraction of sp³-hybridized carbons (Fsp3) is 0.214. The molecule has 3 aromatic carbocycles. The molecule has 1 heterocycles. The van der Waals surface area contributed by atoms with E-state index in [1.165, 1.54) is 12.1 Å². The van der Waals surface area contributed by atoms with Crippen LogP contribution in [0.5, 0.6) is 5.75 Å². The molecule has 0 unspecified atom stereocenters. The summed E-state index contributed by atoms with van der Waals surface area (Å²) in [6.07, 6.45) is 1.69. The van der Waals surface area contributed by atoms with Gasteiger partial charge in [-0.05, 0) is 54.9 Å². The Balaban J connectivity index is 1.58. The number of non-ortho nitro benzene ring substituents is 1. The molecule has 1 saturated heterocycles. The molecule has 2 amide bonds. The van der Waals surface area contributed by atoms with Crippen molar-refractivity contribution in [3.63, 3.8) is 0 Å². The molecule has 3 aromatic rings. The molecule has 0 atom stereocenters. The highest BCUT2D eigenvalue weighted by molar-refractivity contribution is 8.18. The van der Waals surface area contributed by atoms with E-state index in [0.29, 0.717) is 28.4 Å². The van der Waals surface area contributed by atoms with Crippen LogP contribution in [0.15, 0.2) is 77.7 Å². The van der Waals surface area contributed by atoms with Crippen LogP contribution in [0.1, 0.15) is 30.5 Å². The molecule has 4 rings (SSSR count). The minimum Gasteiger partial charge on any atom is -0.488 e. The Morgan fingerprint density at radius 1 is 0.973 bits per heavy atom. The molecule has 0 bridgehead atoms. The molecule has 37 heavy (non-hydrogen) atoms. The molecule has 1 aliphatic heterocycles. The van der Waals surface area contributed by atoms with E-state index in [1.54, 1.807) is 18.2 Å². The average Bonchev–Trinajstić information content (AvgIpc) is 3.17. The van der Waals surface area contributed by atoms with Gasteiger partial charge < -0.3 is 9.64 Å². The SMILES string of the molecule is CCN(CC)c1ccc(/C=C2/SC(=O)N(Cc3ccc([N+](=O)[O-])cc3)C2=O)c(OCc2ccccc2)c1. The number of carbonyl (C=O) groups excluding carboxylic acids is 2. The molecule has 190 valence electrons. The van der Waals surface area contributed by atoms with E-state index in [-0.39, 0.29) is 17.5 Å². The topological polar surface area (TPSA) is 93.0 Å². The Morgan fingerprint density at radius 3 is 2.32 bits per heavy atom. The first kappa shape index (κ1) is 26.0. The second-order valence-electron chi connectivity index (χ2n) is 8.36. The zero-order valence-corrected chi connectivity index (χ0v) is 21.4. The number of ether oxygens (including phenoxy) is 1. The molecule has 0 radical (unpaired) electrons. The summed E-state index contributed by atoms with van der Waals surface area (Å²) >= 11 is 0.871. The number of amides is 2. The number of hydrogen-bond donors (Lipinski definition) is 0. The van der Waals surface area contributed by atoms with Crippen molar-refractivity contribution in [3.8, 4) is 5.75 Å². The van der Waals surface area contributed by atoms with Gasteiger partial charge in [0.2, 0.25) is 0 Å². The third-order valence-corrected chi connectivity index (χ3v) is 6.92.